The van der Waals surface area contributed by atoms with Gasteiger partial charge in [-0.1, -0.05) is 11.6 Å². The molecule has 1 unspecified atom stereocenters. The van der Waals surface area contributed by atoms with E-state index in [1.807, 2.05) is 44.4 Å². The maximum atomic E-state index is 13.5. The van der Waals surface area contributed by atoms with Crippen LogP contribution < -0.4 is 11.1 Å². The van der Waals surface area contributed by atoms with Crippen molar-refractivity contribution in [2.75, 3.05) is 7.05 Å². The first kappa shape index (κ1) is 21.8. The minimum atomic E-state index is -0.912. The Morgan fingerprint density at radius 2 is 2.20 bits per heavy atom. The molecule has 0 aromatic carbocycles. The van der Waals surface area contributed by atoms with Gasteiger partial charge in [-0.3, -0.25) is 9.69 Å². The Kier molecular flexibility index (Phi) is 6.17. The predicted molar refractivity (Wildman–Crippen MR) is 120 cm³/mol. The van der Waals surface area contributed by atoms with Crippen molar-refractivity contribution in [3.63, 3.8) is 0 Å². The quantitative estimate of drug-likeness (QED) is 0.613. The van der Waals surface area contributed by atoms with Crippen molar-refractivity contribution >= 4 is 28.8 Å². The molecule has 2 heterocycles. The van der Waals surface area contributed by atoms with Crippen molar-refractivity contribution in [2.24, 2.45) is 10.7 Å². The van der Waals surface area contributed by atoms with E-state index < -0.39 is 17.4 Å². The minimum Gasteiger partial charge on any atom is -0.505 e. The standard InChI is InChI=1S/C22H27FN4O2S/c1-13(2)6-5-9-25-19-20(29)27(4)21(24)26-22(19,3)18-11-15(12-30-18)14-7-8-16(23)17(28)10-14/h5-6,9-12,19,25,28H,7-8H2,1-4H3,(H2,24,26)/b9-5-/t19?,22-/m1/s1. The first-order valence-electron chi connectivity index (χ1n) is 9.70. The van der Waals surface area contributed by atoms with E-state index in [9.17, 15) is 14.3 Å². The molecule has 6 nitrogen and oxygen atoms in total. The first-order chi connectivity index (χ1) is 14.1. The van der Waals surface area contributed by atoms with Gasteiger partial charge in [0, 0.05) is 18.3 Å². The maximum Gasteiger partial charge on any atom is 0.254 e. The molecule has 3 rings (SSSR count). The average molecular weight is 431 g/mol. The van der Waals surface area contributed by atoms with Gasteiger partial charge in [0.2, 0.25) is 0 Å². The van der Waals surface area contributed by atoms with Gasteiger partial charge in [-0.2, -0.15) is 0 Å². The normalized spacial score (nSPS) is 24.8. The van der Waals surface area contributed by atoms with Gasteiger partial charge in [0.05, 0.1) is 0 Å². The van der Waals surface area contributed by atoms with Crippen LogP contribution in [0.4, 0.5) is 4.39 Å². The summed E-state index contributed by atoms with van der Waals surface area (Å²) in [4.78, 5) is 19.9. The summed E-state index contributed by atoms with van der Waals surface area (Å²) in [6.07, 6.45) is 7.67. The third kappa shape index (κ3) is 4.18. The molecule has 1 aliphatic carbocycles. The van der Waals surface area contributed by atoms with Crippen molar-refractivity contribution in [1.82, 2.24) is 10.2 Å². The van der Waals surface area contributed by atoms with E-state index in [0.29, 0.717) is 6.42 Å². The van der Waals surface area contributed by atoms with Crippen molar-refractivity contribution in [2.45, 2.75) is 45.2 Å². The molecule has 1 aromatic rings. The van der Waals surface area contributed by atoms with Crippen LogP contribution in [0.25, 0.3) is 5.57 Å². The minimum absolute atomic E-state index is 0.156. The Hall–Kier alpha value is -2.87. The number of thiophene rings is 1. The van der Waals surface area contributed by atoms with Crippen LogP contribution in [0, 0.1) is 0 Å². The summed E-state index contributed by atoms with van der Waals surface area (Å²) in [7, 11) is 1.60. The number of amides is 1. The molecule has 1 aliphatic heterocycles. The summed E-state index contributed by atoms with van der Waals surface area (Å²) < 4.78 is 13.5. The number of guanidine groups is 1. The van der Waals surface area contributed by atoms with Gasteiger partial charge < -0.3 is 16.2 Å². The van der Waals surface area contributed by atoms with E-state index >= 15 is 0 Å². The number of nitrogens with zero attached hydrogens (tertiary/aromatic N) is 2. The number of aliphatic hydroxyl groups excluding tert-OH is 1. The lowest BCUT2D eigenvalue weighted by Gasteiger charge is -2.39. The highest BCUT2D eigenvalue weighted by molar-refractivity contribution is 7.10. The molecule has 0 spiro atoms. The maximum absolute atomic E-state index is 13.5. The van der Waals surface area contributed by atoms with Gasteiger partial charge in [-0.05, 0) is 68.1 Å². The molecule has 0 saturated carbocycles. The number of nitrogens with one attached hydrogen (secondary N) is 1. The van der Waals surface area contributed by atoms with Crippen LogP contribution in [0.2, 0.25) is 0 Å². The van der Waals surface area contributed by atoms with Crippen LogP contribution >= 0.6 is 11.3 Å². The summed E-state index contributed by atoms with van der Waals surface area (Å²) in [6.45, 7) is 5.86. The van der Waals surface area contributed by atoms with E-state index in [4.69, 9.17) is 5.73 Å². The number of carbonyl (C=O) groups is 1. The molecule has 1 amide bonds. The van der Waals surface area contributed by atoms with Gasteiger partial charge in [-0.15, -0.1) is 11.3 Å². The average Bonchev–Trinajstić information content (AvgIpc) is 3.18. The van der Waals surface area contributed by atoms with Crippen LogP contribution in [0.15, 0.2) is 58.0 Å². The molecule has 30 heavy (non-hydrogen) atoms. The van der Waals surface area contributed by atoms with E-state index in [0.717, 1.165) is 21.6 Å². The second-order valence-electron chi connectivity index (χ2n) is 7.88. The highest BCUT2D eigenvalue weighted by Gasteiger charge is 2.47. The van der Waals surface area contributed by atoms with Crippen LogP contribution in [0.1, 0.15) is 44.1 Å². The topological polar surface area (TPSA) is 91.0 Å². The Morgan fingerprint density at radius 3 is 2.87 bits per heavy atom. The fourth-order valence-corrected chi connectivity index (χ4v) is 4.50. The predicted octanol–water partition coefficient (Wildman–Crippen LogP) is 4.10. The Bertz CT molecular complexity index is 1000. The molecule has 0 saturated heterocycles. The fourth-order valence-electron chi connectivity index (χ4n) is 3.43. The van der Waals surface area contributed by atoms with Gasteiger partial charge in [0.15, 0.2) is 5.96 Å². The third-order valence-electron chi connectivity index (χ3n) is 5.29. The second kappa shape index (κ2) is 8.47. The number of nitrogens with two attached hydrogens (primary N) is 1. The zero-order valence-electron chi connectivity index (χ0n) is 17.6. The van der Waals surface area contributed by atoms with Crippen molar-refractivity contribution < 1.29 is 14.3 Å². The van der Waals surface area contributed by atoms with Crippen LogP contribution in [0.5, 0.6) is 0 Å². The van der Waals surface area contributed by atoms with Crippen molar-refractivity contribution in [3.05, 3.63) is 63.5 Å². The zero-order valence-corrected chi connectivity index (χ0v) is 18.4. The van der Waals surface area contributed by atoms with Crippen molar-refractivity contribution in [3.8, 4) is 0 Å². The number of aliphatic hydroxyl groups is 1. The second-order valence-corrected chi connectivity index (χ2v) is 8.79. The molecule has 0 radical (unpaired) electrons. The van der Waals surface area contributed by atoms with Crippen LogP contribution in [-0.2, 0) is 10.3 Å². The monoisotopic (exact) mass is 430 g/mol. The smallest absolute Gasteiger partial charge is 0.254 e. The molecule has 2 atom stereocenters. The number of halogens is 1. The van der Waals surface area contributed by atoms with E-state index in [2.05, 4.69) is 10.3 Å². The fraction of sp³-hybridized carbons (Fsp3) is 0.364. The zero-order chi connectivity index (χ0) is 22.1. The molecular weight excluding hydrogens is 403 g/mol. The number of rotatable bonds is 5. The highest BCUT2D eigenvalue weighted by Crippen LogP contribution is 2.40. The van der Waals surface area contributed by atoms with Gasteiger partial charge in [0.25, 0.3) is 5.91 Å². The number of hydrogen-bond donors (Lipinski definition) is 3. The number of hydrogen-bond acceptors (Lipinski definition) is 6. The van der Waals surface area contributed by atoms with Crippen molar-refractivity contribution in [1.29, 1.82) is 0 Å². The lowest BCUT2D eigenvalue weighted by molar-refractivity contribution is -0.131. The summed E-state index contributed by atoms with van der Waals surface area (Å²) in [5.41, 5.74) is 8.00. The molecular formula is C22H27FN4O2S. The molecule has 4 N–H and O–H groups in total. The lowest BCUT2D eigenvalue weighted by Crippen LogP contribution is -2.60. The Morgan fingerprint density at radius 1 is 1.47 bits per heavy atom. The number of carbonyl (C=O) groups excluding carboxylic acids is 1. The largest absolute Gasteiger partial charge is 0.505 e. The Balaban J connectivity index is 1.97. The molecule has 2 aliphatic rings. The van der Waals surface area contributed by atoms with Crippen LogP contribution in [0.3, 0.4) is 0 Å². The van der Waals surface area contributed by atoms with E-state index in [-0.39, 0.29) is 24.0 Å². The summed E-state index contributed by atoms with van der Waals surface area (Å²) >= 11 is 1.46. The summed E-state index contributed by atoms with van der Waals surface area (Å²) in [5.74, 6) is -0.840. The lowest BCUT2D eigenvalue weighted by atomic mass is 9.87. The van der Waals surface area contributed by atoms with E-state index in [1.165, 1.54) is 22.3 Å². The van der Waals surface area contributed by atoms with Gasteiger partial charge in [-0.25, -0.2) is 9.38 Å². The first-order valence-corrected chi connectivity index (χ1v) is 10.6. The molecule has 8 heteroatoms. The third-order valence-corrected chi connectivity index (χ3v) is 6.45. The number of aliphatic imine (C=N–C) groups is 1. The van der Waals surface area contributed by atoms with Gasteiger partial charge in [0.1, 0.15) is 23.2 Å². The SMILES string of the molecule is CC(C)=C/C=C\NC1C(=O)N(C)C(N)=N[C@]1(C)c1cc(C2=CC(O)=C(F)CC2)cs1. The van der Waals surface area contributed by atoms with Gasteiger partial charge >= 0.3 is 0 Å². The molecule has 0 fully saturated rings. The summed E-state index contributed by atoms with van der Waals surface area (Å²) in [5, 5.41) is 14.9. The Labute approximate surface area is 180 Å². The molecule has 1 aromatic heterocycles. The van der Waals surface area contributed by atoms with E-state index in [1.54, 1.807) is 13.2 Å². The highest BCUT2D eigenvalue weighted by atomic mass is 32.1. The number of allylic oxidation sites excluding steroid dienone is 6. The molecule has 160 valence electrons. The van der Waals surface area contributed by atoms with Crippen LogP contribution in [-0.4, -0.2) is 35.0 Å². The molecule has 0 bridgehead atoms. The summed E-state index contributed by atoms with van der Waals surface area (Å²) in [6, 6.07) is 1.30. The number of likely N-dealkylation sites (N-methyl/N-ethyl adjacent to an activating group) is 1.